The summed E-state index contributed by atoms with van der Waals surface area (Å²) in [4.78, 5) is 31.9. The SMILES string of the molecule is CCOC(=O)C1=C(C)N=c2s/c(=C\c3cc(I)c(OCc4ccccc4)c(OC)c3)c(=O)n2[C@@H]1c1ccc(F)cc1. The molecule has 0 N–H and O–H groups in total. The van der Waals surface area contributed by atoms with E-state index in [4.69, 9.17) is 14.2 Å². The van der Waals surface area contributed by atoms with Crippen LogP contribution in [0.5, 0.6) is 11.5 Å². The summed E-state index contributed by atoms with van der Waals surface area (Å²) < 4.78 is 33.5. The van der Waals surface area contributed by atoms with Crippen LogP contribution in [0.15, 0.2) is 87.8 Å². The van der Waals surface area contributed by atoms with E-state index in [0.29, 0.717) is 38.7 Å². The predicted octanol–water partition coefficient (Wildman–Crippen LogP) is 5.13. The standard InChI is InChI=1S/C31H26FIN2O5S/c1-4-39-30(37)26-18(2)34-31-35(27(26)21-10-12-22(32)13-11-21)29(36)25(41-31)16-20-14-23(33)28(24(15-20)38-3)40-17-19-8-6-5-7-9-19/h5-16,27H,4,17H2,1-3H3/b25-16-/t27-/m1/s1. The van der Waals surface area contributed by atoms with Gasteiger partial charge in [-0.15, -0.1) is 0 Å². The number of esters is 1. The lowest BCUT2D eigenvalue weighted by Gasteiger charge is -2.24. The number of benzene rings is 3. The van der Waals surface area contributed by atoms with E-state index in [1.807, 2.05) is 42.5 Å². The van der Waals surface area contributed by atoms with E-state index in [1.165, 1.54) is 28.0 Å². The summed E-state index contributed by atoms with van der Waals surface area (Å²) >= 11 is 3.40. The van der Waals surface area contributed by atoms with Gasteiger partial charge in [-0.25, -0.2) is 14.2 Å². The molecule has 4 aromatic rings. The van der Waals surface area contributed by atoms with Crippen molar-refractivity contribution in [1.29, 1.82) is 0 Å². The van der Waals surface area contributed by atoms with Crippen LogP contribution in [0.25, 0.3) is 6.08 Å². The lowest BCUT2D eigenvalue weighted by atomic mass is 9.96. The first-order chi connectivity index (χ1) is 19.8. The van der Waals surface area contributed by atoms with Crippen molar-refractivity contribution in [1.82, 2.24) is 4.57 Å². The molecule has 7 nitrogen and oxygen atoms in total. The molecule has 0 spiro atoms. The Bertz CT molecular complexity index is 1810. The summed E-state index contributed by atoms with van der Waals surface area (Å²) in [7, 11) is 1.57. The molecule has 210 valence electrons. The lowest BCUT2D eigenvalue weighted by molar-refractivity contribution is -0.139. The minimum atomic E-state index is -0.809. The van der Waals surface area contributed by atoms with Gasteiger partial charge in [0.2, 0.25) is 0 Å². The van der Waals surface area contributed by atoms with Gasteiger partial charge >= 0.3 is 5.97 Å². The number of allylic oxidation sites excluding steroid dienone is 1. The molecule has 41 heavy (non-hydrogen) atoms. The van der Waals surface area contributed by atoms with Gasteiger partial charge in [-0.05, 0) is 83.5 Å². The molecule has 3 aromatic carbocycles. The second-order valence-corrected chi connectivity index (χ2v) is 11.3. The zero-order valence-corrected chi connectivity index (χ0v) is 25.5. The van der Waals surface area contributed by atoms with Crippen molar-refractivity contribution in [3.8, 4) is 11.5 Å². The number of fused-ring (bicyclic) bond motifs is 1. The van der Waals surface area contributed by atoms with Gasteiger partial charge in [0.05, 0.1) is 39.1 Å². The maximum atomic E-state index is 13.8. The Morgan fingerprint density at radius 1 is 1.15 bits per heavy atom. The molecule has 0 radical (unpaired) electrons. The first-order valence-electron chi connectivity index (χ1n) is 12.8. The second-order valence-electron chi connectivity index (χ2n) is 9.16. The average molecular weight is 685 g/mol. The molecule has 1 aliphatic rings. The Morgan fingerprint density at radius 2 is 1.88 bits per heavy atom. The number of methoxy groups -OCH3 is 1. The van der Waals surface area contributed by atoms with E-state index in [1.54, 1.807) is 39.2 Å². The fraction of sp³-hybridized carbons (Fsp3) is 0.194. The predicted molar refractivity (Wildman–Crippen MR) is 163 cm³/mol. The maximum Gasteiger partial charge on any atom is 0.338 e. The van der Waals surface area contributed by atoms with Gasteiger partial charge in [-0.3, -0.25) is 9.36 Å². The molecule has 0 saturated heterocycles. The smallest absolute Gasteiger partial charge is 0.338 e. The van der Waals surface area contributed by atoms with Crippen molar-refractivity contribution in [3.63, 3.8) is 0 Å². The normalized spacial score (nSPS) is 14.9. The third-order valence-corrected chi connectivity index (χ3v) is 8.26. The monoisotopic (exact) mass is 684 g/mol. The molecule has 0 amide bonds. The van der Waals surface area contributed by atoms with Crippen LogP contribution in [0.2, 0.25) is 0 Å². The highest BCUT2D eigenvalue weighted by atomic mass is 127. The first-order valence-corrected chi connectivity index (χ1v) is 14.7. The van der Waals surface area contributed by atoms with Gasteiger partial charge in [0.15, 0.2) is 16.3 Å². The molecule has 5 rings (SSSR count). The minimum absolute atomic E-state index is 0.168. The Morgan fingerprint density at radius 3 is 2.56 bits per heavy atom. The molecule has 0 fully saturated rings. The van der Waals surface area contributed by atoms with Crippen LogP contribution in [-0.2, 0) is 16.1 Å². The van der Waals surface area contributed by atoms with Gasteiger partial charge in [-0.2, -0.15) is 0 Å². The zero-order valence-electron chi connectivity index (χ0n) is 22.5. The number of hydrogen-bond donors (Lipinski definition) is 0. The van der Waals surface area contributed by atoms with Gasteiger partial charge in [0.1, 0.15) is 12.4 Å². The number of thiazole rings is 1. The molecule has 1 atom stereocenters. The highest BCUT2D eigenvalue weighted by molar-refractivity contribution is 14.1. The van der Waals surface area contributed by atoms with E-state index < -0.39 is 17.8 Å². The first kappa shape index (κ1) is 28.7. The maximum absolute atomic E-state index is 13.8. The van der Waals surface area contributed by atoms with Crippen LogP contribution in [0.1, 0.15) is 36.6 Å². The average Bonchev–Trinajstić information content (AvgIpc) is 3.26. The molecule has 0 bridgehead atoms. The Balaban J connectivity index is 1.58. The highest BCUT2D eigenvalue weighted by Gasteiger charge is 2.33. The summed E-state index contributed by atoms with van der Waals surface area (Å²) in [6.45, 7) is 3.98. The van der Waals surface area contributed by atoms with Crippen molar-refractivity contribution in [2.75, 3.05) is 13.7 Å². The minimum Gasteiger partial charge on any atom is -0.493 e. The van der Waals surface area contributed by atoms with Crippen molar-refractivity contribution in [2.24, 2.45) is 4.99 Å². The Labute approximate surface area is 253 Å². The van der Waals surface area contributed by atoms with Crippen LogP contribution in [-0.4, -0.2) is 24.3 Å². The van der Waals surface area contributed by atoms with E-state index >= 15 is 0 Å². The topological polar surface area (TPSA) is 79.1 Å². The highest BCUT2D eigenvalue weighted by Crippen LogP contribution is 2.35. The van der Waals surface area contributed by atoms with Gasteiger partial charge in [0, 0.05) is 0 Å². The van der Waals surface area contributed by atoms with Crippen LogP contribution < -0.4 is 24.4 Å². The number of rotatable bonds is 8. The fourth-order valence-electron chi connectivity index (χ4n) is 4.60. The van der Waals surface area contributed by atoms with E-state index in [9.17, 15) is 14.0 Å². The number of aromatic nitrogens is 1. The Kier molecular flexibility index (Phi) is 8.69. The number of halogens is 2. The summed E-state index contributed by atoms with van der Waals surface area (Å²) in [6, 6.07) is 18.5. The van der Waals surface area contributed by atoms with Crippen LogP contribution in [0, 0.1) is 9.39 Å². The molecule has 1 aliphatic heterocycles. The quantitative estimate of drug-likeness (QED) is 0.190. The fourth-order valence-corrected chi connectivity index (χ4v) is 6.42. The van der Waals surface area contributed by atoms with E-state index in [2.05, 4.69) is 27.6 Å². The third-order valence-electron chi connectivity index (χ3n) is 6.48. The molecule has 0 saturated carbocycles. The van der Waals surface area contributed by atoms with Crippen molar-refractivity contribution < 1.29 is 23.4 Å². The van der Waals surface area contributed by atoms with E-state index in [-0.39, 0.29) is 17.7 Å². The number of carbonyl (C=O) groups is 1. The van der Waals surface area contributed by atoms with Crippen molar-refractivity contribution in [3.05, 3.63) is 124 Å². The zero-order chi connectivity index (χ0) is 29.1. The van der Waals surface area contributed by atoms with Gasteiger partial charge in [-0.1, -0.05) is 53.8 Å². The van der Waals surface area contributed by atoms with Gasteiger partial charge in [0.25, 0.3) is 5.56 Å². The molecule has 10 heteroatoms. The third kappa shape index (κ3) is 5.98. The number of nitrogens with zero attached hydrogens (tertiary/aromatic N) is 2. The second kappa shape index (κ2) is 12.4. The summed E-state index contributed by atoms with van der Waals surface area (Å²) in [5.74, 6) is 0.167. The van der Waals surface area contributed by atoms with Crippen molar-refractivity contribution in [2.45, 2.75) is 26.5 Å². The van der Waals surface area contributed by atoms with Gasteiger partial charge < -0.3 is 14.2 Å². The molecular weight excluding hydrogens is 658 g/mol. The molecule has 0 unspecified atom stereocenters. The Hall–Kier alpha value is -3.77. The number of ether oxygens (including phenoxy) is 3. The molecular formula is C31H26FIN2O5S. The molecule has 0 aliphatic carbocycles. The largest absolute Gasteiger partial charge is 0.493 e. The van der Waals surface area contributed by atoms with Crippen molar-refractivity contribution >= 4 is 46.0 Å². The number of hydrogen-bond acceptors (Lipinski definition) is 7. The number of carbonyl (C=O) groups excluding carboxylic acids is 1. The molecule has 1 aromatic heterocycles. The van der Waals surface area contributed by atoms with Crippen LogP contribution in [0.4, 0.5) is 4.39 Å². The summed E-state index contributed by atoms with van der Waals surface area (Å²) in [6.07, 6.45) is 1.76. The molecule has 2 heterocycles. The van der Waals surface area contributed by atoms with Crippen LogP contribution >= 0.6 is 33.9 Å². The summed E-state index contributed by atoms with van der Waals surface area (Å²) in [5.41, 5.74) is 2.71. The van der Waals surface area contributed by atoms with E-state index in [0.717, 1.165) is 14.7 Å². The summed E-state index contributed by atoms with van der Waals surface area (Å²) in [5, 5.41) is 0. The van der Waals surface area contributed by atoms with Crippen LogP contribution in [0.3, 0.4) is 0 Å². The lowest BCUT2D eigenvalue weighted by Crippen LogP contribution is -2.39.